The molecule has 2 heterocycles. The number of hydrogen-bond acceptors (Lipinski definition) is 3. The number of aryl methyl sites for hydroxylation is 1. The van der Waals surface area contributed by atoms with Crippen LogP contribution in [0, 0.1) is 17.5 Å². The topological polar surface area (TPSA) is 33.1 Å². The van der Waals surface area contributed by atoms with Crippen LogP contribution in [-0.4, -0.2) is 33.6 Å². The van der Waals surface area contributed by atoms with Gasteiger partial charge in [0.2, 0.25) is 0 Å². The average molecular weight is 338 g/mol. The molecule has 1 saturated heterocycles. The fraction of sp³-hybridized carbons (Fsp3) is 0.471. The molecular weight excluding hydrogens is 317 g/mol. The lowest BCUT2D eigenvalue weighted by Crippen LogP contribution is -2.36. The number of hydrogen-bond donors (Lipinski definition) is 1. The summed E-state index contributed by atoms with van der Waals surface area (Å²) >= 11 is 0. The van der Waals surface area contributed by atoms with Gasteiger partial charge in [0.05, 0.1) is 12.6 Å². The quantitative estimate of drug-likeness (QED) is 0.851. The first kappa shape index (κ1) is 17.0. The Bertz CT molecular complexity index is 693. The van der Waals surface area contributed by atoms with Crippen LogP contribution in [0.1, 0.15) is 30.8 Å². The number of likely N-dealkylation sites (N-methyl/N-ethyl adjacent to an activating group) is 1. The Kier molecular flexibility index (Phi) is 4.91. The maximum Gasteiger partial charge on any atom is 0.194 e. The van der Waals surface area contributed by atoms with E-state index in [2.05, 4.69) is 15.2 Å². The molecule has 1 aromatic heterocycles. The monoisotopic (exact) mass is 338 g/mol. The molecule has 130 valence electrons. The zero-order valence-electron chi connectivity index (χ0n) is 13.8. The van der Waals surface area contributed by atoms with E-state index < -0.39 is 17.5 Å². The molecule has 0 radical (unpaired) electrons. The van der Waals surface area contributed by atoms with Crippen LogP contribution in [0.5, 0.6) is 0 Å². The molecule has 1 fully saturated rings. The first-order chi connectivity index (χ1) is 11.5. The van der Waals surface area contributed by atoms with Crippen molar-refractivity contribution < 1.29 is 13.2 Å². The fourth-order valence-electron chi connectivity index (χ4n) is 3.40. The number of likely N-dealkylation sites (tertiary alicyclic amines) is 1. The minimum absolute atomic E-state index is 0.0194. The Balaban J connectivity index is 1.82. The van der Waals surface area contributed by atoms with Crippen molar-refractivity contribution in [3.05, 3.63) is 53.4 Å². The minimum Gasteiger partial charge on any atom is -0.337 e. The van der Waals surface area contributed by atoms with Crippen molar-refractivity contribution in [1.29, 1.82) is 0 Å². The highest BCUT2D eigenvalue weighted by Gasteiger charge is 2.35. The fourth-order valence-corrected chi connectivity index (χ4v) is 3.40. The summed E-state index contributed by atoms with van der Waals surface area (Å²) in [5.74, 6) is -2.82. The van der Waals surface area contributed by atoms with Crippen LogP contribution in [-0.2, 0) is 13.6 Å². The van der Waals surface area contributed by atoms with Crippen molar-refractivity contribution >= 4 is 0 Å². The molecule has 0 saturated carbocycles. The largest absolute Gasteiger partial charge is 0.337 e. The van der Waals surface area contributed by atoms with Crippen LogP contribution in [0.4, 0.5) is 13.2 Å². The average Bonchev–Trinajstić information content (AvgIpc) is 3.15. The first-order valence-corrected chi connectivity index (χ1v) is 8.09. The highest BCUT2D eigenvalue weighted by molar-refractivity contribution is 5.25. The Labute approximate surface area is 139 Å². The number of imidazole rings is 1. The SMILES string of the molecule is CCN1CC[C@@H](NCc2nccn2C)[C@H]1c1cc(F)c(F)c(F)c1. The smallest absolute Gasteiger partial charge is 0.194 e. The normalized spacial score (nSPS) is 21.5. The Morgan fingerprint density at radius 3 is 2.54 bits per heavy atom. The summed E-state index contributed by atoms with van der Waals surface area (Å²) in [6, 6.07) is 2.03. The van der Waals surface area contributed by atoms with E-state index in [0.717, 1.165) is 37.5 Å². The van der Waals surface area contributed by atoms with Gasteiger partial charge >= 0.3 is 0 Å². The van der Waals surface area contributed by atoms with E-state index >= 15 is 0 Å². The Morgan fingerprint density at radius 2 is 1.96 bits per heavy atom. The molecule has 3 rings (SSSR count). The number of benzene rings is 1. The summed E-state index contributed by atoms with van der Waals surface area (Å²) in [6.45, 7) is 4.14. The van der Waals surface area contributed by atoms with E-state index in [1.54, 1.807) is 6.20 Å². The molecule has 0 spiro atoms. The van der Waals surface area contributed by atoms with Crippen molar-refractivity contribution in [1.82, 2.24) is 19.8 Å². The molecule has 0 bridgehead atoms. The minimum atomic E-state index is -1.42. The molecule has 1 aromatic carbocycles. The van der Waals surface area contributed by atoms with Gasteiger partial charge in [0.1, 0.15) is 5.82 Å². The van der Waals surface area contributed by atoms with Gasteiger partial charge < -0.3 is 9.88 Å². The van der Waals surface area contributed by atoms with Gasteiger partial charge in [-0.2, -0.15) is 0 Å². The molecule has 0 amide bonds. The molecule has 7 heteroatoms. The Hall–Kier alpha value is -1.86. The van der Waals surface area contributed by atoms with E-state index in [4.69, 9.17) is 0 Å². The first-order valence-electron chi connectivity index (χ1n) is 8.09. The van der Waals surface area contributed by atoms with Crippen molar-refractivity contribution in [2.75, 3.05) is 13.1 Å². The van der Waals surface area contributed by atoms with E-state index in [1.165, 1.54) is 0 Å². The van der Waals surface area contributed by atoms with Crippen LogP contribution in [0.2, 0.25) is 0 Å². The second kappa shape index (κ2) is 6.94. The van der Waals surface area contributed by atoms with Gasteiger partial charge in [-0.15, -0.1) is 0 Å². The van der Waals surface area contributed by atoms with Gasteiger partial charge in [-0.05, 0) is 30.7 Å². The van der Waals surface area contributed by atoms with Crippen LogP contribution in [0.15, 0.2) is 24.5 Å². The molecule has 0 aliphatic carbocycles. The number of nitrogens with zero attached hydrogens (tertiary/aromatic N) is 3. The highest BCUT2D eigenvalue weighted by atomic mass is 19.2. The van der Waals surface area contributed by atoms with Crippen molar-refractivity contribution in [3.8, 4) is 0 Å². The molecule has 0 unspecified atom stereocenters. The van der Waals surface area contributed by atoms with Gasteiger partial charge in [0.15, 0.2) is 17.5 Å². The van der Waals surface area contributed by atoms with Gasteiger partial charge in [-0.1, -0.05) is 6.92 Å². The molecular formula is C17H21F3N4. The third-order valence-electron chi connectivity index (χ3n) is 4.70. The zero-order chi connectivity index (χ0) is 17.3. The van der Waals surface area contributed by atoms with Crippen LogP contribution in [0.3, 0.4) is 0 Å². The van der Waals surface area contributed by atoms with Gasteiger partial charge in [0, 0.05) is 32.0 Å². The summed E-state index contributed by atoms with van der Waals surface area (Å²) in [4.78, 5) is 6.41. The standard InChI is InChI=1S/C17H21F3N4/c1-3-24-6-4-14(22-10-15-21-5-7-23(15)2)17(24)11-8-12(18)16(20)13(19)9-11/h5,7-9,14,17,22H,3-4,6,10H2,1-2H3/t14-,17-/m1/s1. The number of nitrogens with one attached hydrogen (secondary N) is 1. The summed E-state index contributed by atoms with van der Waals surface area (Å²) in [6.07, 6.45) is 4.45. The lowest BCUT2D eigenvalue weighted by atomic mass is 9.99. The lowest BCUT2D eigenvalue weighted by molar-refractivity contribution is 0.245. The predicted octanol–water partition coefficient (Wildman–Crippen LogP) is 2.76. The predicted molar refractivity (Wildman–Crippen MR) is 84.8 cm³/mol. The van der Waals surface area contributed by atoms with Gasteiger partial charge in [-0.25, -0.2) is 18.2 Å². The molecule has 1 N–H and O–H groups in total. The number of halogens is 3. The summed E-state index contributed by atoms with van der Waals surface area (Å²) < 4.78 is 42.5. The molecule has 2 aromatic rings. The number of rotatable bonds is 5. The highest BCUT2D eigenvalue weighted by Crippen LogP contribution is 2.33. The maximum atomic E-state index is 13.6. The van der Waals surface area contributed by atoms with Crippen molar-refractivity contribution in [2.24, 2.45) is 7.05 Å². The summed E-state index contributed by atoms with van der Waals surface area (Å²) in [5.41, 5.74) is 0.461. The van der Waals surface area contributed by atoms with Crippen LogP contribution >= 0.6 is 0 Å². The van der Waals surface area contributed by atoms with E-state index in [1.807, 2.05) is 24.7 Å². The maximum absolute atomic E-state index is 13.6. The molecule has 1 aliphatic heterocycles. The van der Waals surface area contributed by atoms with Crippen molar-refractivity contribution in [3.63, 3.8) is 0 Å². The van der Waals surface area contributed by atoms with Crippen LogP contribution < -0.4 is 5.32 Å². The van der Waals surface area contributed by atoms with E-state index in [-0.39, 0.29) is 12.1 Å². The summed E-state index contributed by atoms with van der Waals surface area (Å²) in [5, 5.41) is 3.43. The molecule has 2 atom stereocenters. The second-order valence-electron chi connectivity index (χ2n) is 6.10. The summed E-state index contributed by atoms with van der Waals surface area (Å²) in [7, 11) is 1.92. The molecule has 24 heavy (non-hydrogen) atoms. The third-order valence-corrected chi connectivity index (χ3v) is 4.70. The molecule has 1 aliphatic rings. The molecule has 4 nitrogen and oxygen atoms in total. The second-order valence-corrected chi connectivity index (χ2v) is 6.10. The Morgan fingerprint density at radius 1 is 1.25 bits per heavy atom. The van der Waals surface area contributed by atoms with E-state index in [0.29, 0.717) is 12.1 Å². The van der Waals surface area contributed by atoms with E-state index in [9.17, 15) is 13.2 Å². The zero-order valence-corrected chi connectivity index (χ0v) is 13.8. The van der Waals surface area contributed by atoms with Gasteiger partial charge in [-0.3, -0.25) is 4.90 Å². The van der Waals surface area contributed by atoms with Gasteiger partial charge in [0.25, 0.3) is 0 Å². The third kappa shape index (κ3) is 3.18. The van der Waals surface area contributed by atoms with Crippen LogP contribution in [0.25, 0.3) is 0 Å². The number of aromatic nitrogens is 2. The lowest BCUT2D eigenvalue weighted by Gasteiger charge is -2.28. The van der Waals surface area contributed by atoms with Crippen molar-refractivity contribution in [2.45, 2.75) is 32.0 Å².